The molecule has 3 heterocycles. The van der Waals surface area contributed by atoms with Gasteiger partial charge in [-0.25, -0.2) is 4.98 Å². The van der Waals surface area contributed by atoms with Crippen molar-refractivity contribution >= 4 is 17.5 Å². The number of nitrogens with one attached hydrogen (secondary N) is 1. The predicted octanol–water partition coefficient (Wildman–Crippen LogP) is 5.24. The van der Waals surface area contributed by atoms with E-state index in [9.17, 15) is 0 Å². The Morgan fingerprint density at radius 2 is 1.70 bits per heavy atom. The van der Waals surface area contributed by atoms with Gasteiger partial charge < -0.3 is 10.2 Å². The molecule has 148 valence electrons. The second kappa shape index (κ2) is 8.33. The van der Waals surface area contributed by atoms with Gasteiger partial charge in [0.05, 0.1) is 17.9 Å². The molecule has 0 aliphatic carbocycles. The highest BCUT2D eigenvalue weighted by atomic mass is 15.3. The van der Waals surface area contributed by atoms with Gasteiger partial charge in [0.25, 0.3) is 0 Å². The van der Waals surface area contributed by atoms with Crippen LogP contribution in [0, 0.1) is 0 Å². The van der Waals surface area contributed by atoms with E-state index < -0.39 is 0 Å². The largest absolute Gasteiger partial charge is 0.364 e. The number of nitrogens with zero attached hydrogens (tertiary/aromatic N) is 4. The normalized spacial score (nSPS) is 13.0. The van der Waals surface area contributed by atoms with Crippen LogP contribution in [0.2, 0.25) is 0 Å². The van der Waals surface area contributed by atoms with Crippen molar-refractivity contribution in [3.05, 3.63) is 96.3 Å². The first-order valence-corrected chi connectivity index (χ1v) is 10.3. The predicted molar refractivity (Wildman–Crippen MR) is 121 cm³/mol. The lowest BCUT2D eigenvalue weighted by Gasteiger charge is -2.30. The van der Waals surface area contributed by atoms with Crippen LogP contribution in [0.1, 0.15) is 17.7 Å². The van der Waals surface area contributed by atoms with Gasteiger partial charge in [0.2, 0.25) is 5.95 Å². The molecular weight excluding hydrogens is 370 g/mol. The van der Waals surface area contributed by atoms with Crippen LogP contribution in [-0.2, 0) is 13.0 Å². The van der Waals surface area contributed by atoms with Gasteiger partial charge in [-0.3, -0.25) is 4.98 Å². The van der Waals surface area contributed by atoms with Gasteiger partial charge in [-0.05, 0) is 36.6 Å². The number of benzene rings is 2. The maximum atomic E-state index is 4.94. The third kappa shape index (κ3) is 3.87. The average molecular weight is 393 g/mol. The third-order valence-corrected chi connectivity index (χ3v) is 5.31. The van der Waals surface area contributed by atoms with Gasteiger partial charge in [-0.2, -0.15) is 4.98 Å². The molecule has 2 aromatic carbocycles. The van der Waals surface area contributed by atoms with Gasteiger partial charge in [-0.1, -0.05) is 54.6 Å². The summed E-state index contributed by atoms with van der Waals surface area (Å²) in [6, 6.07) is 26.7. The quantitative estimate of drug-likeness (QED) is 0.503. The number of hydrogen-bond acceptors (Lipinski definition) is 5. The minimum Gasteiger partial charge on any atom is -0.364 e. The summed E-state index contributed by atoms with van der Waals surface area (Å²) in [7, 11) is 0. The number of fused-ring (bicyclic) bond motifs is 1. The zero-order valence-corrected chi connectivity index (χ0v) is 16.7. The van der Waals surface area contributed by atoms with Crippen LogP contribution in [0.25, 0.3) is 11.3 Å². The van der Waals surface area contributed by atoms with Crippen molar-refractivity contribution in [1.29, 1.82) is 0 Å². The number of aromatic nitrogens is 3. The van der Waals surface area contributed by atoms with Crippen LogP contribution in [-0.4, -0.2) is 21.5 Å². The fraction of sp³-hybridized carbons (Fsp3) is 0.160. The van der Waals surface area contributed by atoms with Crippen LogP contribution in [0.3, 0.4) is 0 Å². The topological polar surface area (TPSA) is 53.9 Å². The first-order valence-electron chi connectivity index (χ1n) is 10.3. The third-order valence-electron chi connectivity index (χ3n) is 5.31. The molecule has 0 unspecified atom stereocenters. The highest BCUT2D eigenvalue weighted by Gasteiger charge is 2.21. The molecule has 1 aliphatic rings. The van der Waals surface area contributed by atoms with Gasteiger partial charge in [0.1, 0.15) is 5.82 Å². The lowest BCUT2D eigenvalue weighted by molar-refractivity contribution is 0.751. The van der Waals surface area contributed by atoms with Crippen molar-refractivity contribution < 1.29 is 0 Å². The fourth-order valence-corrected chi connectivity index (χ4v) is 3.83. The molecule has 0 saturated heterocycles. The monoisotopic (exact) mass is 393 g/mol. The highest BCUT2D eigenvalue weighted by Crippen LogP contribution is 2.33. The minimum absolute atomic E-state index is 0.613. The van der Waals surface area contributed by atoms with E-state index in [1.807, 2.05) is 48.7 Å². The molecule has 0 saturated carbocycles. The molecule has 0 spiro atoms. The maximum absolute atomic E-state index is 4.94. The van der Waals surface area contributed by atoms with E-state index in [2.05, 4.69) is 51.6 Å². The summed E-state index contributed by atoms with van der Waals surface area (Å²) >= 11 is 0. The van der Waals surface area contributed by atoms with Crippen LogP contribution < -0.4 is 10.2 Å². The Hall–Kier alpha value is -3.73. The molecule has 0 bridgehead atoms. The van der Waals surface area contributed by atoms with E-state index in [1.54, 1.807) is 0 Å². The van der Waals surface area contributed by atoms with Crippen molar-refractivity contribution in [2.24, 2.45) is 0 Å². The highest BCUT2D eigenvalue weighted by molar-refractivity contribution is 5.69. The van der Waals surface area contributed by atoms with E-state index in [0.29, 0.717) is 6.54 Å². The van der Waals surface area contributed by atoms with Gasteiger partial charge in [0, 0.05) is 30.1 Å². The van der Waals surface area contributed by atoms with Crippen LogP contribution >= 0.6 is 0 Å². The lowest BCUT2D eigenvalue weighted by atomic mass is 10.0. The Labute approximate surface area is 176 Å². The summed E-state index contributed by atoms with van der Waals surface area (Å²) in [5.41, 5.74) is 5.51. The minimum atomic E-state index is 0.613. The molecule has 1 aliphatic heterocycles. The molecule has 30 heavy (non-hydrogen) atoms. The van der Waals surface area contributed by atoms with Crippen LogP contribution in [0.4, 0.5) is 17.5 Å². The standard InChI is InChI=1S/C25H23N5/c1-2-9-19(10-3-1)22-17-24(27-18-21-13-6-7-15-26-21)29-25(28-22)30-16-8-12-20-11-4-5-14-23(20)30/h1-7,9-11,13-15,17H,8,12,16,18H2,(H,27,28,29). The smallest absolute Gasteiger partial charge is 0.232 e. The van der Waals surface area contributed by atoms with E-state index >= 15 is 0 Å². The summed E-state index contributed by atoms with van der Waals surface area (Å²) < 4.78 is 0. The van der Waals surface area contributed by atoms with Crippen molar-refractivity contribution in [2.45, 2.75) is 19.4 Å². The molecule has 5 rings (SSSR count). The summed E-state index contributed by atoms with van der Waals surface area (Å²) in [4.78, 5) is 16.4. The number of pyridine rings is 1. The van der Waals surface area contributed by atoms with Crippen molar-refractivity contribution in [1.82, 2.24) is 15.0 Å². The average Bonchev–Trinajstić information content (AvgIpc) is 2.83. The number of rotatable bonds is 5. The summed E-state index contributed by atoms with van der Waals surface area (Å²) in [5, 5.41) is 3.43. The molecular formula is C25H23N5. The second-order valence-corrected chi connectivity index (χ2v) is 7.36. The molecule has 0 fully saturated rings. The Balaban J connectivity index is 1.53. The van der Waals surface area contributed by atoms with E-state index in [1.165, 1.54) is 11.3 Å². The molecule has 5 heteroatoms. The molecule has 0 atom stereocenters. The summed E-state index contributed by atoms with van der Waals surface area (Å²) in [5.74, 6) is 1.53. The van der Waals surface area contributed by atoms with E-state index in [-0.39, 0.29) is 0 Å². The molecule has 4 aromatic rings. The van der Waals surface area contributed by atoms with Gasteiger partial charge in [0.15, 0.2) is 0 Å². The van der Waals surface area contributed by atoms with Crippen molar-refractivity contribution in [3.63, 3.8) is 0 Å². The zero-order valence-electron chi connectivity index (χ0n) is 16.7. The van der Waals surface area contributed by atoms with E-state index in [4.69, 9.17) is 9.97 Å². The van der Waals surface area contributed by atoms with Crippen molar-refractivity contribution in [2.75, 3.05) is 16.8 Å². The Morgan fingerprint density at radius 1 is 0.867 bits per heavy atom. The SMILES string of the molecule is c1ccc(-c2cc(NCc3ccccn3)nc(N3CCCc4ccccc43)n2)cc1. The Morgan fingerprint density at radius 3 is 2.57 bits per heavy atom. The van der Waals surface area contributed by atoms with Crippen LogP contribution in [0.5, 0.6) is 0 Å². The zero-order chi connectivity index (χ0) is 20.2. The van der Waals surface area contributed by atoms with Gasteiger partial charge in [-0.15, -0.1) is 0 Å². The summed E-state index contributed by atoms with van der Waals surface area (Å²) in [6.07, 6.45) is 3.99. The first kappa shape index (κ1) is 18.3. The van der Waals surface area contributed by atoms with Crippen molar-refractivity contribution in [3.8, 4) is 11.3 Å². The Bertz CT molecular complexity index is 1130. The number of hydrogen-bond donors (Lipinski definition) is 1. The maximum Gasteiger partial charge on any atom is 0.232 e. The Kier molecular flexibility index (Phi) is 5.08. The lowest BCUT2D eigenvalue weighted by Crippen LogP contribution is -2.26. The molecule has 5 nitrogen and oxygen atoms in total. The fourth-order valence-electron chi connectivity index (χ4n) is 3.83. The molecule has 2 aromatic heterocycles. The molecule has 1 N–H and O–H groups in total. The molecule has 0 radical (unpaired) electrons. The number of aryl methyl sites for hydroxylation is 1. The van der Waals surface area contributed by atoms with Gasteiger partial charge >= 0.3 is 0 Å². The first-order chi connectivity index (χ1) is 14.9. The second-order valence-electron chi connectivity index (χ2n) is 7.36. The molecule has 0 amide bonds. The number of anilines is 3. The number of para-hydroxylation sites is 1. The summed E-state index contributed by atoms with van der Waals surface area (Å²) in [6.45, 7) is 1.52. The van der Waals surface area contributed by atoms with Crippen LogP contribution in [0.15, 0.2) is 85.1 Å². The van der Waals surface area contributed by atoms with E-state index in [0.717, 1.165) is 48.1 Å².